The van der Waals surface area contributed by atoms with Gasteiger partial charge in [0.15, 0.2) is 0 Å². The molecule has 0 aromatic heterocycles. The number of nitrogens with zero attached hydrogens (tertiary/aromatic N) is 1. The second-order valence-corrected chi connectivity index (χ2v) is 5.81. The molecule has 0 spiro atoms. The summed E-state index contributed by atoms with van der Waals surface area (Å²) in [6, 6.07) is 5.93. The monoisotopic (exact) mass is 304 g/mol. The number of hydrogen-bond acceptors (Lipinski definition) is 3. The van der Waals surface area contributed by atoms with Crippen LogP contribution in [0.25, 0.3) is 0 Å². The van der Waals surface area contributed by atoms with Gasteiger partial charge >= 0.3 is 0 Å². The van der Waals surface area contributed by atoms with E-state index in [0.29, 0.717) is 19.6 Å². The zero-order chi connectivity index (χ0) is 16.1. The molecule has 120 valence electrons. The predicted molar refractivity (Wildman–Crippen MR) is 84.6 cm³/mol. The Morgan fingerprint density at radius 1 is 1.32 bits per heavy atom. The summed E-state index contributed by atoms with van der Waals surface area (Å²) in [7, 11) is 1.63. The van der Waals surface area contributed by atoms with E-state index >= 15 is 0 Å². The quantitative estimate of drug-likeness (QED) is 0.924. The van der Waals surface area contributed by atoms with Crippen LogP contribution in [-0.4, -0.2) is 36.9 Å². The van der Waals surface area contributed by atoms with Crippen LogP contribution >= 0.6 is 0 Å². The molecule has 1 aliphatic rings. The first-order valence-corrected chi connectivity index (χ1v) is 7.68. The number of piperidine rings is 1. The third-order valence-electron chi connectivity index (χ3n) is 4.20. The van der Waals surface area contributed by atoms with Gasteiger partial charge in [0.05, 0.1) is 7.11 Å². The molecule has 1 aliphatic heterocycles. The van der Waals surface area contributed by atoms with Gasteiger partial charge in [-0.2, -0.15) is 0 Å². The molecule has 22 heavy (non-hydrogen) atoms. The molecule has 0 aliphatic carbocycles. The van der Waals surface area contributed by atoms with E-state index in [2.05, 4.69) is 5.32 Å². The van der Waals surface area contributed by atoms with E-state index in [0.717, 1.165) is 29.7 Å². The van der Waals surface area contributed by atoms with Gasteiger partial charge in [-0.1, -0.05) is 17.7 Å². The number of methoxy groups -OCH3 is 1. The number of likely N-dealkylation sites (tertiary alicyclic amines) is 1. The minimum atomic E-state index is -0.00796. The van der Waals surface area contributed by atoms with E-state index in [-0.39, 0.29) is 17.7 Å². The largest absolute Gasteiger partial charge is 0.496 e. The van der Waals surface area contributed by atoms with Crippen molar-refractivity contribution < 1.29 is 14.3 Å². The number of nitrogens with one attached hydrogen (secondary N) is 1. The van der Waals surface area contributed by atoms with E-state index < -0.39 is 0 Å². The zero-order valence-corrected chi connectivity index (χ0v) is 13.5. The van der Waals surface area contributed by atoms with Crippen LogP contribution in [0.15, 0.2) is 18.2 Å². The average molecular weight is 304 g/mol. The van der Waals surface area contributed by atoms with E-state index in [4.69, 9.17) is 4.74 Å². The fraction of sp³-hybridized carbons (Fsp3) is 0.529. The maximum absolute atomic E-state index is 12.3. The maximum atomic E-state index is 12.3. The highest BCUT2D eigenvalue weighted by atomic mass is 16.5. The number of amides is 2. The molecule has 0 bridgehead atoms. The van der Waals surface area contributed by atoms with E-state index in [1.54, 1.807) is 18.9 Å². The number of benzene rings is 1. The van der Waals surface area contributed by atoms with Crippen molar-refractivity contribution in [2.75, 3.05) is 20.2 Å². The standard InChI is InChI=1S/C17H24N2O3/c1-12-4-5-16(22-3)15(10-12)11-18-17(21)14-6-8-19(9-7-14)13(2)20/h4-5,10,14H,6-9,11H2,1-3H3,(H,18,21). The third-order valence-corrected chi connectivity index (χ3v) is 4.20. The van der Waals surface area contributed by atoms with Gasteiger partial charge < -0.3 is 15.0 Å². The number of rotatable bonds is 4. The Hall–Kier alpha value is -2.04. The second kappa shape index (κ2) is 7.29. The van der Waals surface area contributed by atoms with Gasteiger partial charge in [-0.3, -0.25) is 9.59 Å². The summed E-state index contributed by atoms with van der Waals surface area (Å²) in [4.78, 5) is 25.4. The van der Waals surface area contributed by atoms with Crippen LogP contribution in [0, 0.1) is 12.8 Å². The van der Waals surface area contributed by atoms with E-state index in [1.807, 2.05) is 25.1 Å². The molecule has 5 heteroatoms. The average Bonchev–Trinajstić information content (AvgIpc) is 2.52. The SMILES string of the molecule is COc1ccc(C)cc1CNC(=O)C1CCN(C(C)=O)CC1. The summed E-state index contributed by atoms with van der Waals surface area (Å²) in [6.07, 6.45) is 1.47. The number of carbonyl (C=O) groups excluding carboxylic acids is 2. The van der Waals surface area contributed by atoms with Crippen molar-refractivity contribution in [3.8, 4) is 5.75 Å². The lowest BCUT2D eigenvalue weighted by Gasteiger charge is -2.30. The molecule has 0 unspecified atom stereocenters. The van der Waals surface area contributed by atoms with Crippen LogP contribution in [0.3, 0.4) is 0 Å². The number of carbonyl (C=O) groups is 2. The van der Waals surface area contributed by atoms with Gasteiger partial charge in [0.25, 0.3) is 0 Å². The maximum Gasteiger partial charge on any atom is 0.223 e. The van der Waals surface area contributed by atoms with Crippen LogP contribution in [0.1, 0.15) is 30.9 Å². The molecule has 1 aromatic carbocycles. The lowest BCUT2D eigenvalue weighted by Crippen LogP contribution is -2.42. The van der Waals surface area contributed by atoms with Crippen molar-refractivity contribution in [3.05, 3.63) is 29.3 Å². The highest BCUT2D eigenvalue weighted by molar-refractivity contribution is 5.79. The molecule has 0 saturated carbocycles. The smallest absolute Gasteiger partial charge is 0.223 e. The second-order valence-electron chi connectivity index (χ2n) is 5.81. The van der Waals surface area contributed by atoms with Crippen LogP contribution in [0.5, 0.6) is 5.75 Å². The first kappa shape index (κ1) is 16.3. The minimum Gasteiger partial charge on any atom is -0.496 e. The first-order valence-electron chi connectivity index (χ1n) is 7.68. The van der Waals surface area contributed by atoms with Crippen molar-refractivity contribution in [1.82, 2.24) is 10.2 Å². The lowest BCUT2D eigenvalue weighted by molar-refractivity contribution is -0.134. The van der Waals surface area contributed by atoms with E-state index in [9.17, 15) is 9.59 Å². The minimum absolute atomic E-state index is 0.00796. The van der Waals surface area contributed by atoms with Gasteiger partial charge in [-0.15, -0.1) is 0 Å². The Bertz CT molecular complexity index is 549. The van der Waals surface area contributed by atoms with Crippen molar-refractivity contribution in [2.45, 2.75) is 33.2 Å². The number of ether oxygens (including phenoxy) is 1. The van der Waals surface area contributed by atoms with Crippen molar-refractivity contribution in [3.63, 3.8) is 0 Å². The summed E-state index contributed by atoms with van der Waals surface area (Å²) >= 11 is 0. The third kappa shape index (κ3) is 4.00. The Labute approximate surface area is 131 Å². The molecule has 5 nitrogen and oxygen atoms in total. The van der Waals surface area contributed by atoms with Crippen LogP contribution in [0.2, 0.25) is 0 Å². The molecule has 2 rings (SSSR count). The Morgan fingerprint density at radius 3 is 2.59 bits per heavy atom. The van der Waals surface area contributed by atoms with Crippen molar-refractivity contribution >= 4 is 11.8 Å². The van der Waals surface area contributed by atoms with Gasteiger partial charge in [0, 0.05) is 38.0 Å². The highest BCUT2D eigenvalue weighted by Crippen LogP contribution is 2.21. The van der Waals surface area contributed by atoms with E-state index in [1.165, 1.54) is 0 Å². The molecule has 1 saturated heterocycles. The molecule has 0 radical (unpaired) electrons. The Morgan fingerprint density at radius 2 is 2.00 bits per heavy atom. The van der Waals surface area contributed by atoms with Gasteiger partial charge in [0.1, 0.15) is 5.75 Å². The summed E-state index contributed by atoms with van der Waals surface area (Å²) in [5, 5.41) is 2.99. The Balaban J connectivity index is 1.88. The van der Waals surface area contributed by atoms with Crippen LogP contribution < -0.4 is 10.1 Å². The van der Waals surface area contributed by atoms with Crippen molar-refractivity contribution in [1.29, 1.82) is 0 Å². The van der Waals surface area contributed by atoms with Crippen LogP contribution in [-0.2, 0) is 16.1 Å². The first-order chi connectivity index (χ1) is 10.5. The zero-order valence-electron chi connectivity index (χ0n) is 13.5. The highest BCUT2D eigenvalue weighted by Gasteiger charge is 2.25. The number of hydrogen-bond donors (Lipinski definition) is 1. The summed E-state index contributed by atoms with van der Waals surface area (Å²) in [5.74, 6) is 0.929. The van der Waals surface area contributed by atoms with Crippen molar-refractivity contribution in [2.24, 2.45) is 5.92 Å². The molecule has 1 fully saturated rings. The normalized spacial score (nSPS) is 15.5. The molecule has 2 amide bonds. The van der Waals surface area contributed by atoms with Gasteiger partial charge in [0.2, 0.25) is 11.8 Å². The molecule has 1 heterocycles. The van der Waals surface area contributed by atoms with Crippen LogP contribution in [0.4, 0.5) is 0 Å². The summed E-state index contributed by atoms with van der Waals surface area (Å²) in [6.45, 7) is 5.39. The Kier molecular flexibility index (Phi) is 5.41. The van der Waals surface area contributed by atoms with Gasteiger partial charge in [-0.25, -0.2) is 0 Å². The number of aryl methyl sites for hydroxylation is 1. The molecule has 1 N–H and O–H groups in total. The lowest BCUT2D eigenvalue weighted by atomic mass is 9.95. The summed E-state index contributed by atoms with van der Waals surface area (Å²) in [5.41, 5.74) is 2.12. The molecular formula is C17H24N2O3. The molecular weight excluding hydrogens is 280 g/mol. The molecule has 1 aromatic rings. The predicted octanol–water partition coefficient (Wildman–Crippen LogP) is 1.88. The topological polar surface area (TPSA) is 58.6 Å². The fourth-order valence-electron chi connectivity index (χ4n) is 2.83. The summed E-state index contributed by atoms with van der Waals surface area (Å²) < 4.78 is 5.32. The molecule has 0 atom stereocenters. The fourth-order valence-corrected chi connectivity index (χ4v) is 2.83. The van der Waals surface area contributed by atoms with Gasteiger partial charge in [-0.05, 0) is 25.8 Å².